The summed E-state index contributed by atoms with van der Waals surface area (Å²) in [5.74, 6) is 1.65. The maximum Gasteiger partial charge on any atom is 0.407 e. The first-order valence-corrected chi connectivity index (χ1v) is 19.4. The van der Waals surface area contributed by atoms with Gasteiger partial charge in [-0.15, -0.1) is 6.42 Å². The minimum Gasteiger partial charge on any atom is -0.455 e. The molecule has 0 saturated carbocycles. The molecule has 0 fully saturated rings. The van der Waals surface area contributed by atoms with E-state index in [1.54, 1.807) is 40.7 Å². The van der Waals surface area contributed by atoms with E-state index in [1.807, 2.05) is 95.3 Å². The van der Waals surface area contributed by atoms with Crippen molar-refractivity contribution in [1.29, 1.82) is 0 Å². The van der Waals surface area contributed by atoms with E-state index in [0.717, 1.165) is 30.9 Å². The van der Waals surface area contributed by atoms with Crippen LogP contribution >= 0.6 is 0 Å². The quantitative estimate of drug-likeness (QED) is 0.0294. The lowest BCUT2D eigenvalue weighted by Gasteiger charge is -2.20. The van der Waals surface area contributed by atoms with Gasteiger partial charge in [0, 0.05) is 50.3 Å². The van der Waals surface area contributed by atoms with Crippen molar-refractivity contribution in [2.45, 2.75) is 125 Å². The standard InChI is InChI=1S/C15H29NO5.C15H21NO2.C15H19NO2/c1-14(2,3)10-19-11-20-12(17)8-7-9-16-13(18)21-15(4,5)6;2*1-4-15(2,3)18-14(17)11-8-12-16-13-9-6-5-7-10-13/h7-11H2,1-6H3,(H,16,18);4-7,9-10,16H,1,8,11-12H2,2-3H3;1,5-7,9-10,16H,8,11-12H2,2-3H3. The van der Waals surface area contributed by atoms with Gasteiger partial charge in [-0.1, -0.05) is 69.7 Å². The van der Waals surface area contributed by atoms with E-state index >= 15 is 0 Å². The number of carbonyl (C=O) groups excluding carboxylic acids is 4. The molecule has 0 heterocycles. The first kappa shape index (κ1) is 52.0. The van der Waals surface area contributed by atoms with E-state index in [9.17, 15) is 19.2 Å². The predicted molar refractivity (Wildman–Crippen MR) is 228 cm³/mol. The number of esters is 3. The molecule has 0 aliphatic rings. The highest BCUT2D eigenvalue weighted by molar-refractivity contribution is 5.71. The molecule has 0 radical (unpaired) electrons. The number of nitrogens with one attached hydrogen (secondary N) is 3. The second-order valence-corrected chi connectivity index (χ2v) is 16.3. The van der Waals surface area contributed by atoms with Crippen LogP contribution in [0.4, 0.5) is 16.2 Å². The molecular weight excluding hydrogens is 727 g/mol. The Morgan fingerprint density at radius 2 is 1.12 bits per heavy atom. The second kappa shape index (κ2) is 27.6. The summed E-state index contributed by atoms with van der Waals surface area (Å²) >= 11 is 0. The van der Waals surface area contributed by atoms with E-state index in [2.05, 4.69) is 28.4 Å². The number of rotatable bonds is 20. The molecule has 0 unspecified atom stereocenters. The minimum atomic E-state index is -0.816. The number of anilines is 2. The van der Waals surface area contributed by atoms with Gasteiger partial charge >= 0.3 is 24.0 Å². The minimum absolute atomic E-state index is 0.0321. The smallest absolute Gasteiger partial charge is 0.407 e. The maximum absolute atomic E-state index is 11.5. The SMILES string of the molecule is C#CC(C)(C)OC(=O)CCCNc1ccccc1.C=CC(C)(C)OC(=O)CCCNc1ccccc1.CC(C)(C)COCOC(=O)CCCNC(=O)OC(C)(C)C. The molecule has 12 nitrogen and oxygen atoms in total. The van der Waals surface area contributed by atoms with Gasteiger partial charge in [0.05, 0.1) is 6.61 Å². The highest BCUT2D eigenvalue weighted by atomic mass is 16.7. The van der Waals surface area contributed by atoms with Crippen molar-refractivity contribution in [2.75, 3.05) is 43.7 Å². The third-order valence-electron chi connectivity index (χ3n) is 6.97. The Hall–Kier alpha value is -5.02. The van der Waals surface area contributed by atoms with Gasteiger partial charge in [0.1, 0.15) is 11.2 Å². The van der Waals surface area contributed by atoms with Gasteiger partial charge in [-0.25, -0.2) is 4.79 Å². The molecule has 318 valence electrons. The molecule has 0 spiro atoms. The fourth-order valence-corrected chi connectivity index (χ4v) is 4.06. The zero-order valence-electron chi connectivity index (χ0n) is 36.1. The molecule has 2 aromatic rings. The second-order valence-electron chi connectivity index (χ2n) is 16.3. The topological polar surface area (TPSA) is 151 Å². The Morgan fingerprint density at radius 1 is 0.667 bits per heavy atom. The molecule has 0 aromatic heterocycles. The van der Waals surface area contributed by atoms with Gasteiger partial charge in [0.15, 0.2) is 12.4 Å². The van der Waals surface area contributed by atoms with Crippen LogP contribution in [-0.4, -0.2) is 73.8 Å². The van der Waals surface area contributed by atoms with Crippen molar-refractivity contribution in [3.05, 3.63) is 73.3 Å². The normalized spacial score (nSPS) is 11.1. The fraction of sp³-hybridized carbons (Fsp3) is 0.556. The van der Waals surface area contributed by atoms with Gasteiger partial charge in [-0.3, -0.25) is 14.4 Å². The van der Waals surface area contributed by atoms with E-state index in [1.165, 1.54) is 0 Å². The van der Waals surface area contributed by atoms with Crippen molar-refractivity contribution in [3.63, 3.8) is 0 Å². The number of ether oxygens (including phenoxy) is 5. The highest BCUT2D eigenvalue weighted by Gasteiger charge is 2.20. The summed E-state index contributed by atoms with van der Waals surface area (Å²) < 4.78 is 25.6. The van der Waals surface area contributed by atoms with E-state index in [0.29, 0.717) is 38.8 Å². The van der Waals surface area contributed by atoms with Crippen LogP contribution < -0.4 is 16.0 Å². The Morgan fingerprint density at radius 3 is 1.56 bits per heavy atom. The average molecular weight is 796 g/mol. The zero-order chi connectivity index (χ0) is 43.4. The number of carbonyl (C=O) groups is 4. The summed E-state index contributed by atoms with van der Waals surface area (Å²) in [7, 11) is 0. The van der Waals surface area contributed by atoms with Crippen molar-refractivity contribution < 1.29 is 42.9 Å². The Kier molecular flexibility index (Phi) is 25.1. The number of hydrogen-bond donors (Lipinski definition) is 3. The fourth-order valence-electron chi connectivity index (χ4n) is 4.06. The monoisotopic (exact) mass is 796 g/mol. The lowest BCUT2D eigenvalue weighted by atomic mass is 9.99. The molecule has 0 aliphatic carbocycles. The van der Waals surface area contributed by atoms with Gasteiger partial charge < -0.3 is 39.6 Å². The molecule has 1 amide bonds. The zero-order valence-corrected chi connectivity index (χ0v) is 36.1. The van der Waals surface area contributed by atoms with Crippen molar-refractivity contribution >= 4 is 35.4 Å². The van der Waals surface area contributed by atoms with Gasteiger partial charge in [0.25, 0.3) is 0 Å². The van der Waals surface area contributed by atoms with Crippen molar-refractivity contribution in [1.82, 2.24) is 5.32 Å². The van der Waals surface area contributed by atoms with Crippen LogP contribution in [0.5, 0.6) is 0 Å². The third-order valence-corrected chi connectivity index (χ3v) is 6.97. The molecule has 0 bridgehead atoms. The van der Waals surface area contributed by atoms with Crippen LogP contribution in [-0.2, 0) is 38.1 Å². The molecule has 2 rings (SSSR count). The summed E-state index contributed by atoms with van der Waals surface area (Å²) in [6, 6.07) is 19.8. The molecule has 3 N–H and O–H groups in total. The van der Waals surface area contributed by atoms with E-state index < -0.39 is 22.9 Å². The number of terminal acetylenes is 1. The summed E-state index contributed by atoms with van der Waals surface area (Å²) in [6.45, 7) is 24.5. The third kappa shape index (κ3) is 32.9. The summed E-state index contributed by atoms with van der Waals surface area (Å²) in [4.78, 5) is 45.7. The average Bonchev–Trinajstić information content (AvgIpc) is 3.12. The lowest BCUT2D eigenvalue weighted by Crippen LogP contribution is -2.33. The number of benzene rings is 2. The first-order chi connectivity index (χ1) is 26.6. The van der Waals surface area contributed by atoms with Crippen molar-refractivity contribution in [3.8, 4) is 12.3 Å². The number of hydrogen-bond acceptors (Lipinski definition) is 11. The number of alkyl carbamates (subject to hydrolysis) is 1. The number of amides is 1. The predicted octanol–water partition coefficient (Wildman–Crippen LogP) is 9.07. The van der Waals surface area contributed by atoms with Gasteiger partial charge in [0.2, 0.25) is 0 Å². The van der Waals surface area contributed by atoms with Crippen LogP contribution in [0.25, 0.3) is 0 Å². The molecule has 2 aromatic carbocycles. The van der Waals surface area contributed by atoms with Crippen LogP contribution in [0.3, 0.4) is 0 Å². The van der Waals surface area contributed by atoms with Crippen LogP contribution in [0, 0.1) is 17.8 Å². The highest BCUT2D eigenvalue weighted by Crippen LogP contribution is 2.14. The molecule has 57 heavy (non-hydrogen) atoms. The number of para-hydroxylation sites is 2. The van der Waals surface area contributed by atoms with Crippen LogP contribution in [0.15, 0.2) is 73.3 Å². The molecule has 0 atom stereocenters. The summed E-state index contributed by atoms with van der Waals surface area (Å²) in [5, 5.41) is 9.06. The maximum atomic E-state index is 11.5. The van der Waals surface area contributed by atoms with Crippen LogP contribution in [0.2, 0.25) is 0 Å². The summed E-state index contributed by atoms with van der Waals surface area (Å²) in [5.41, 5.74) is 0.248. The van der Waals surface area contributed by atoms with Crippen LogP contribution in [0.1, 0.15) is 108 Å². The largest absolute Gasteiger partial charge is 0.455 e. The van der Waals surface area contributed by atoms with Gasteiger partial charge in [-0.2, -0.15) is 0 Å². The summed E-state index contributed by atoms with van der Waals surface area (Å²) in [6.07, 6.45) is 9.37. The molecule has 0 saturated heterocycles. The first-order valence-electron chi connectivity index (χ1n) is 19.4. The molecular formula is C45H69N3O9. The Balaban J connectivity index is 0.000000828. The van der Waals surface area contributed by atoms with Gasteiger partial charge in [-0.05, 0) is 103 Å². The Bertz CT molecular complexity index is 1490. The Labute approximate surface area is 342 Å². The van der Waals surface area contributed by atoms with Crippen molar-refractivity contribution in [2.24, 2.45) is 5.41 Å². The molecule has 12 heteroatoms. The van der Waals surface area contributed by atoms with E-state index in [-0.39, 0.29) is 36.5 Å². The molecule has 0 aliphatic heterocycles. The van der Waals surface area contributed by atoms with E-state index in [4.69, 9.17) is 30.1 Å². The lowest BCUT2D eigenvalue weighted by molar-refractivity contribution is -0.158.